The summed E-state index contributed by atoms with van der Waals surface area (Å²) in [5.74, 6) is 2.79. The van der Waals surface area contributed by atoms with Crippen LogP contribution in [0.4, 0.5) is 0 Å². The fourth-order valence-electron chi connectivity index (χ4n) is 1.15. The largest absolute Gasteiger partial charge is 0.527 e. The first-order chi connectivity index (χ1) is 8.14. The van der Waals surface area contributed by atoms with Crippen molar-refractivity contribution in [3.8, 4) is 18.1 Å². The lowest BCUT2D eigenvalue weighted by molar-refractivity contribution is 0.200. The number of rotatable bonds is 7. The first-order valence-electron chi connectivity index (χ1n) is 5.29. The van der Waals surface area contributed by atoms with Gasteiger partial charge in [-0.2, -0.15) is 0 Å². The monoisotopic (exact) mass is 254 g/mol. The van der Waals surface area contributed by atoms with Crippen LogP contribution in [0.15, 0.2) is 30.3 Å². The Hall–Kier alpha value is -1.27. The maximum absolute atomic E-state index is 11.5. The van der Waals surface area contributed by atoms with Gasteiger partial charge >= 0.3 is 7.82 Å². The van der Waals surface area contributed by atoms with Gasteiger partial charge in [-0.3, -0.25) is 9.42 Å². The van der Waals surface area contributed by atoms with Crippen LogP contribution in [0, 0.1) is 12.3 Å². The van der Waals surface area contributed by atoms with E-state index in [1.165, 1.54) is 0 Å². The average Bonchev–Trinajstić information content (AvgIpc) is 2.29. The standard InChI is InChI=1S/C12H15O4P/c1-2-3-4-8-11-15-17(13,14)16-12-9-6-5-7-10-12/h1,5-7,9-10H,3-4,8,11H2,(H,13,14). The number of phosphoric acid groups is 1. The number of hydrogen-bond donors (Lipinski definition) is 1. The zero-order valence-electron chi connectivity index (χ0n) is 9.41. The van der Waals surface area contributed by atoms with Crippen LogP contribution in [0.25, 0.3) is 0 Å². The Labute approximate surface area is 101 Å². The Morgan fingerprint density at radius 2 is 2.00 bits per heavy atom. The van der Waals surface area contributed by atoms with Crippen LogP contribution in [0.5, 0.6) is 5.75 Å². The third kappa shape index (κ3) is 6.13. The molecule has 0 aliphatic carbocycles. The predicted octanol–water partition coefficient (Wildman–Crippen LogP) is 2.99. The van der Waals surface area contributed by atoms with Gasteiger partial charge < -0.3 is 4.52 Å². The van der Waals surface area contributed by atoms with Gasteiger partial charge in [0.2, 0.25) is 0 Å². The van der Waals surface area contributed by atoms with Gasteiger partial charge in [0.25, 0.3) is 0 Å². The summed E-state index contributed by atoms with van der Waals surface area (Å²) in [5.41, 5.74) is 0. The van der Waals surface area contributed by atoms with E-state index in [2.05, 4.69) is 5.92 Å². The Morgan fingerprint density at radius 1 is 1.29 bits per heavy atom. The molecule has 1 aromatic carbocycles. The van der Waals surface area contributed by atoms with Crippen LogP contribution in [0.1, 0.15) is 19.3 Å². The molecule has 5 heteroatoms. The van der Waals surface area contributed by atoms with Crippen LogP contribution in [0.2, 0.25) is 0 Å². The minimum Gasteiger partial charge on any atom is -0.404 e. The molecule has 1 rings (SSSR count). The summed E-state index contributed by atoms with van der Waals surface area (Å²) in [4.78, 5) is 9.40. The van der Waals surface area contributed by atoms with Gasteiger partial charge in [-0.25, -0.2) is 4.57 Å². The molecule has 0 radical (unpaired) electrons. The first kappa shape index (κ1) is 13.8. The van der Waals surface area contributed by atoms with Crippen molar-refractivity contribution in [2.75, 3.05) is 6.61 Å². The van der Waals surface area contributed by atoms with Gasteiger partial charge in [0.1, 0.15) is 5.75 Å². The second kappa shape index (κ2) is 7.13. The Balaban J connectivity index is 2.32. The second-order valence-corrected chi connectivity index (χ2v) is 4.75. The summed E-state index contributed by atoms with van der Waals surface area (Å²) < 4.78 is 21.1. The molecule has 0 spiro atoms. The molecule has 0 aromatic heterocycles. The van der Waals surface area contributed by atoms with Crippen molar-refractivity contribution in [2.45, 2.75) is 19.3 Å². The fraction of sp³-hybridized carbons (Fsp3) is 0.333. The van der Waals surface area contributed by atoms with E-state index in [1.54, 1.807) is 30.3 Å². The van der Waals surface area contributed by atoms with E-state index in [9.17, 15) is 9.46 Å². The maximum Gasteiger partial charge on any atom is 0.527 e. The molecule has 1 unspecified atom stereocenters. The fourth-order valence-corrected chi connectivity index (χ4v) is 1.95. The highest BCUT2D eigenvalue weighted by atomic mass is 31.2. The highest BCUT2D eigenvalue weighted by molar-refractivity contribution is 7.47. The average molecular weight is 254 g/mol. The van der Waals surface area contributed by atoms with Crippen LogP contribution in [-0.4, -0.2) is 11.5 Å². The molecule has 0 saturated carbocycles. The highest BCUT2D eigenvalue weighted by Gasteiger charge is 2.22. The molecule has 1 atom stereocenters. The molecule has 0 amide bonds. The molecule has 4 nitrogen and oxygen atoms in total. The summed E-state index contributed by atoms with van der Waals surface area (Å²) in [6.45, 7) is 0.155. The molecule has 0 heterocycles. The topological polar surface area (TPSA) is 55.8 Å². The second-order valence-electron chi connectivity index (χ2n) is 3.37. The van der Waals surface area contributed by atoms with E-state index < -0.39 is 7.82 Å². The van der Waals surface area contributed by atoms with E-state index in [0.29, 0.717) is 18.6 Å². The van der Waals surface area contributed by atoms with Crippen molar-refractivity contribution in [1.82, 2.24) is 0 Å². The Bertz CT molecular complexity index is 410. The molecule has 17 heavy (non-hydrogen) atoms. The molecular formula is C12H15O4P. The predicted molar refractivity (Wildman–Crippen MR) is 65.5 cm³/mol. The lowest BCUT2D eigenvalue weighted by Gasteiger charge is -2.12. The van der Waals surface area contributed by atoms with Gasteiger partial charge in [-0.1, -0.05) is 18.2 Å². The van der Waals surface area contributed by atoms with E-state index in [0.717, 1.165) is 6.42 Å². The Morgan fingerprint density at radius 3 is 2.65 bits per heavy atom. The third-order valence-corrected chi connectivity index (χ3v) is 2.88. The normalized spacial score (nSPS) is 13.6. The van der Waals surface area contributed by atoms with Gasteiger partial charge in [-0.15, -0.1) is 12.3 Å². The summed E-state index contributed by atoms with van der Waals surface area (Å²) in [6.07, 6.45) is 7.11. The van der Waals surface area contributed by atoms with Crippen molar-refractivity contribution in [2.24, 2.45) is 0 Å². The van der Waals surface area contributed by atoms with Crippen molar-refractivity contribution < 1.29 is 18.5 Å². The lowest BCUT2D eigenvalue weighted by atomic mass is 10.2. The third-order valence-electron chi connectivity index (χ3n) is 1.93. The SMILES string of the molecule is C#CCCCCOP(=O)(O)Oc1ccccc1. The van der Waals surface area contributed by atoms with Crippen LogP contribution in [0.3, 0.4) is 0 Å². The lowest BCUT2D eigenvalue weighted by Crippen LogP contribution is -1.99. The van der Waals surface area contributed by atoms with E-state index in [-0.39, 0.29) is 6.61 Å². The summed E-state index contributed by atoms with van der Waals surface area (Å²) >= 11 is 0. The summed E-state index contributed by atoms with van der Waals surface area (Å²) in [6, 6.07) is 8.38. The smallest absolute Gasteiger partial charge is 0.404 e. The van der Waals surface area contributed by atoms with Gasteiger partial charge in [-0.05, 0) is 25.0 Å². The molecule has 0 bridgehead atoms. The molecule has 0 fully saturated rings. The number of para-hydroxylation sites is 1. The van der Waals surface area contributed by atoms with Crippen LogP contribution < -0.4 is 4.52 Å². The number of unbranched alkanes of at least 4 members (excludes halogenated alkanes) is 2. The molecule has 0 aliphatic heterocycles. The van der Waals surface area contributed by atoms with Gasteiger partial charge in [0, 0.05) is 6.42 Å². The van der Waals surface area contributed by atoms with E-state index in [4.69, 9.17) is 15.5 Å². The van der Waals surface area contributed by atoms with Crippen molar-refractivity contribution >= 4 is 7.82 Å². The van der Waals surface area contributed by atoms with E-state index in [1.807, 2.05) is 0 Å². The highest BCUT2D eigenvalue weighted by Crippen LogP contribution is 2.43. The first-order valence-corrected chi connectivity index (χ1v) is 6.79. The quantitative estimate of drug-likeness (QED) is 0.461. The van der Waals surface area contributed by atoms with E-state index >= 15 is 0 Å². The maximum atomic E-state index is 11.5. The van der Waals surface area contributed by atoms with Crippen molar-refractivity contribution in [3.05, 3.63) is 30.3 Å². The number of benzene rings is 1. The van der Waals surface area contributed by atoms with Gasteiger partial charge in [0.15, 0.2) is 0 Å². The van der Waals surface area contributed by atoms with Crippen LogP contribution >= 0.6 is 7.82 Å². The summed E-state index contributed by atoms with van der Waals surface area (Å²) in [7, 11) is -4.01. The molecular weight excluding hydrogens is 239 g/mol. The molecule has 1 N–H and O–H groups in total. The Kier molecular flexibility index (Phi) is 5.79. The molecule has 0 saturated heterocycles. The number of terminal acetylenes is 1. The van der Waals surface area contributed by atoms with Crippen molar-refractivity contribution in [3.63, 3.8) is 0 Å². The molecule has 92 valence electrons. The zero-order valence-corrected chi connectivity index (χ0v) is 10.3. The zero-order chi connectivity index (χ0) is 12.6. The number of hydrogen-bond acceptors (Lipinski definition) is 3. The summed E-state index contributed by atoms with van der Waals surface area (Å²) in [5, 5.41) is 0. The molecule has 1 aromatic rings. The minimum absolute atomic E-state index is 0.155. The minimum atomic E-state index is -4.01. The van der Waals surface area contributed by atoms with Gasteiger partial charge in [0.05, 0.1) is 6.61 Å². The van der Waals surface area contributed by atoms with Crippen molar-refractivity contribution in [1.29, 1.82) is 0 Å². The van der Waals surface area contributed by atoms with Crippen LogP contribution in [-0.2, 0) is 9.09 Å². The number of phosphoric ester groups is 1. The molecule has 0 aliphatic rings.